The van der Waals surface area contributed by atoms with Crippen LogP contribution in [0.5, 0.6) is 11.5 Å². The summed E-state index contributed by atoms with van der Waals surface area (Å²) in [5.74, 6) is -0.125. The summed E-state index contributed by atoms with van der Waals surface area (Å²) in [4.78, 5) is 30.5. The monoisotopic (exact) mass is 703 g/mol. The number of rotatable bonds is 14. The second-order valence-electron chi connectivity index (χ2n) is 12.1. The standard InChI is InChI=1S/C38H42ClN3O6S/c1-47-35-23-22-32(25-36(35)48-2)42(49(45,46)33-16-10-5-11-17-33)27-37(43)41(26-29-18-20-30(39)21-19-29)34(24-28-12-6-3-7-13-28)38(44)40-31-14-8-4-9-15-31/h3,5-7,10-13,16-23,25,31,34H,4,8-9,14-15,24,26-27H2,1-2H3,(H,40,44). The highest BCUT2D eigenvalue weighted by Crippen LogP contribution is 2.34. The van der Waals surface area contributed by atoms with E-state index in [0.29, 0.717) is 16.5 Å². The van der Waals surface area contributed by atoms with Gasteiger partial charge in [-0.15, -0.1) is 0 Å². The Balaban J connectivity index is 1.58. The molecule has 0 aromatic heterocycles. The third-order valence-corrected chi connectivity index (χ3v) is 10.8. The van der Waals surface area contributed by atoms with Crippen LogP contribution in [0.15, 0.2) is 108 Å². The van der Waals surface area contributed by atoms with Crippen LogP contribution in [0, 0.1) is 0 Å². The lowest BCUT2D eigenvalue weighted by molar-refractivity contribution is -0.140. The summed E-state index contributed by atoms with van der Waals surface area (Å²) >= 11 is 6.19. The Morgan fingerprint density at radius 2 is 1.45 bits per heavy atom. The number of halogens is 1. The molecule has 11 heteroatoms. The average molecular weight is 704 g/mol. The van der Waals surface area contributed by atoms with Crippen molar-refractivity contribution in [3.8, 4) is 11.5 Å². The molecule has 0 aliphatic heterocycles. The van der Waals surface area contributed by atoms with Crippen molar-refractivity contribution in [1.82, 2.24) is 10.2 Å². The Labute approximate surface area is 293 Å². The molecule has 1 fully saturated rings. The molecule has 0 bridgehead atoms. The van der Waals surface area contributed by atoms with Gasteiger partial charge in [0.25, 0.3) is 10.0 Å². The molecule has 258 valence electrons. The summed E-state index contributed by atoms with van der Waals surface area (Å²) in [7, 11) is -1.32. The normalized spacial score (nSPS) is 14.0. The van der Waals surface area contributed by atoms with E-state index in [9.17, 15) is 18.0 Å². The van der Waals surface area contributed by atoms with Crippen LogP contribution in [0.1, 0.15) is 43.2 Å². The second kappa shape index (κ2) is 16.7. The fraction of sp³-hybridized carbons (Fsp3) is 0.316. The molecule has 0 saturated heterocycles. The molecule has 2 amide bonds. The van der Waals surface area contributed by atoms with E-state index in [0.717, 1.165) is 47.5 Å². The van der Waals surface area contributed by atoms with Gasteiger partial charge >= 0.3 is 0 Å². The molecule has 0 radical (unpaired) electrons. The zero-order valence-corrected chi connectivity index (χ0v) is 29.3. The number of anilines is 1. The molecular formula is C38H42ClN3O6S. The first-order chi connectivity index (χ1) is 23.7. The minimum absolute atomic E-state index is 0.00808. The van der Waals surface area contributed by atoms with Crippen molar-refractivity contribution in [2.45, 2.75) is 62.0 Å². The van der Waals surface area contributed by atoms with Crippen LogP contribution in [0.2, 0.25) is 5.02 Å². The molecule has 1 atom stereocenters. The number of hydrogen-bond acceptors (Lipinski definition) is 6. The van der Waals surface area contributed by atoms with Crippen molar-refractivity contribution in [3.05, 3.63) is 119 Å². The number of hydrogen-bond donors (Lipinski definition) is 1. The van der Waals surface area contributed by atoms with Crippen molar-refractivity contribution in [3.63, 3.8) is 0 Å². The Morgan fingerprint density at radius 1 is 0.816 bits per heavy atom. The first-order valence-electron chi connectivity index (χ1n) is 16.4. The van der Waals surface area contributed by atoms with Crippen molar-refractivity contribution >= 4 is 39.1 Å². The molecule has 4 aromatic rings. The van der Waals surface area contributed by atoms with Crippen LogP contribution in [0.3, 0.4) is 0 Å². The highest BCUT2D eigenvalue weighted by molar-refractivity contribution is 7.92. The molecule has 1 saturated carbocycles. The van der Waals surface area contributed by atoms with Crippen LogP contribution in [0.4, 0.5) is 5.69 Å². The van der Waals surface area contributed by atoms with Gasteiger partial charge in [-0.3, -0.25) is 13.9 Å². The number of sulfonamides is 1. The highest BCUT2D eigenvalue weighted by atomic mass is 35.5. The fourth-order valence-corrected chi connectivity index (χ4v) is 7.67. The molecule has 49 heavy (non-hydrogen) atoms. The topological polar surface area (TPSA) is 105 Å². The molecule has 1 aliphatic carbocycles. The molecule has 1 unspecified atom stereocenters. The SMILES string of the molecule is COc1ccc(N(CC(=O)N(Cc2ccc(Cl)cc2)C(Cc2ccccc2)C(=O)NC2CCCCC2)S(=O)(=O)c2ccccc2)cc1OC. The summed E-state index contributed by atoms with van der Waals surface area (Å²) in [6, 6.07) is 28.3. The number of nitrogens with one attached hydrogen (secondary N) is 1. The number of carbonyl (C=O) groups excluding carboxylic acids is 2. The molecule has 0 spiro atoms. The van der Waals surface area contributed by atoms with Gasteiger partial charge in [-0.25, -0.2) is 8.42 Å². The maximum Gasteiger partial charge on any atom is 0.264 e. The van der Waals surface area contributed by atoms with Crippen LogP contribution < -0.4 is 19.1 Å². The summed E-state index contributed by atoms with van der Waals surface area (Å²) < 4.78 is 40.5. The summed E-state index contributed by atoms with van der Waals surface area (Å²) in [5, 5.41) is 3.76. The second-order valence-corrected chi connectivity index (χ2v) is 14.4. The minimum atomic E-state index is -4.26. The predicted octanol–water partition coefficient (Wildman–Crippen LogP) is 6.64. The van der Waals surface area contributed by atoms with Crippen molar-refractivity contribution < 1.29 is 27.5 Å². The highest BCUT2D eigenvalue weighted by Gasteiger charge is 2.35. The van der Waals surface area contributed by atoms with Gasteiger partial charge in [0.1, 0.15) is 12.6 Å². The van der Waals surface area contributed by atoms with Crippen molar-refractivity contribution in [1.29, 1.82) is 0 Å². The van der Waals surface area contributed by atoms with Crippen LogP contribution in [-0.2, 0) is 32.6 Å². The van der Waals surface area contributed by atoms with Crippen molar-refractivity contribution in [2.24, 2.45) is 0 Å². The smallest absolute Gasteiger partial charge is 0.264 e. The number of nitrogens with zero attached hydrogens (tertiary/aromatic N) is 2. The van der Waals surface area contributed by atoms with E-state index >= 15 is 0 Å². The predicted molar refractivity (Wildman–Crippen MR) is 191 cm³/mol. The van der Waals surface area contributed by atoms with E-state index in [1.54, 1.807) is 54.6 Å². The fourth-order valence-electron chi connectivity index (χ4n) is 6.11. The molecule has 0 heterocycles. The van der Waals surface area contributed by atoms with Gasteiger partial charge in [0.05, 0.1) is 24.8 Å². The van der Waals surface area contributed by atoms with Crippen molar-refractivity contribution in [2.75, 3.05) is 25.1 Å². The summed E-state index contributed by atoms with van der Waals surface area (Å²) in [5.41, 5.74) is 1.81. The number of methoxy groups -OCH3 is 2. The van der Waals surface area contributed by atoms with E-state index in [-0.39, 0.29) is 35.5 Å². The quantitative estimate of drug-likeness (QED) is 0.158. The summed E-state index contributed by atoms with van der Waals surface area (Å²) in [6.07, 6.45) is 5.16. The first kappa shape index (κ1) is 35.8. The van der Waals surface area contributed by atoms with Gasteiger partial charge in [0, 0.05) is 30.1 Å². The van der Waals surface area contributed by atoms with E-state index < -0.39 is 28.5 Å². The van der Waals surface area contributed by atoms with Gasteiger partial charge in [-0.2, -0.15) is 0 Å². The van der Waals surface area contributed by atoms with Crippen LogP contribution >= 0.6 is 11.6 Å². The average Bonchev–Trinajstić information content (AvgIpc) is 3.13. The Hall–Kier alpha value is -4.54. The zero-order chi connectivity index (χ0) is 34.8. The largest absolute Gasteiger partial charge is 0.493 e. The lowest BCUT2D eigenvalue weighted by Crippen LogP contribution is -2.55. The third kappa shape index (κ3) is 9.13. The molecule has 4 aromatic carbocycles. The Kier molecular flexibility index (Phi) is 12.2. The van der Waals surface area contributed by atoms with E-state index in [1.807, 2.05) is 30.3 Å². The van der Waals surface area contributed by atoms with Gasteiger partial charge in [0.15, 0.2) is 11.5 Å². The zero-order valence-electron chi connectivity index (χ0n) is 27.8. The van der Waals surface area contributed by atoms with E-state index in [2.05, 4.69) is 5.32 Å². The molecule has 1 N–H and O–H groups in total. The van der Waals surface area contributed by atoms with Gasteiger partial charge in [-0.05, 0) is 60.4 Å². The van der Waals surface area contributed by atoms with E-state index in [4.69, 9.17) is 21.1 Å². The van der Waals surface area contributed by atoms with Gasteiger partial charge < -0.3 is 19.7 Å². The molecular weight excluding hydrogens is 662 g/mol. The van der Waals surface area contributed by atoms with Gasteiger partial charge in [0.2, 0.25) is 11.8 Å². The van der Waals surface area contributed by atoms with E-state index in [1.165, 1.54) is 37.3 Å². The number of carbonyl (C=O) groups is 2. The third-order valence-electron chi connectivity index (χ3n) is 8.75. The lowest BCUT2D eigenvalue weighted by Gasteiger charge is -2.35. The number of ether oxygens (including phenoxy) is 2. The van der Waals surface area contributed by atoms with Crippen LogP contribution in [-0.4, -0.2) is 58.0 Å². The molecule has 9 nitrogen and oxygen atoms in total. The first-order valence-corrected chi connectivity index (χ1v) is 18.2. The Bertz CT molecular complexity index is 1800. The number of benzene rings is 4. The maximum atomic E-state index is 14.7. The molecule has 1 aliphatic rings. The Morgan fingerprint density at radius 3 is 2.08 bits per heavy atom. The summed E-state index contributed by atoms with van der Waals surface area (Å²) in [6.45, 7) is -0.529. The maximum absolute atomic E-state index is 14.7. The number of amides is 2. The van der Waals surface area contributed by atoms with Crippen LogP contribution in [0.25, 0.3) is 0 Å². The van der Waals surface area contributed by atoms with Gasteiger partial charge in [-0.1, -0.05) is 91.5 Å². The lowest BCUT2D eigenvalue weighted by atomic mass is 9.94. The molecule has 5 rings (SSSR count). The minimum Gasteiger partial charge on any atom is -0.493 e.